The predicted molar refractivity (Wildman–Crippen MR) is 78.0 cm³/mol. The Morgan fingerprint density at radius 2 is 2.05 bits per heavy atom. The first-order valence-electron chi connectivity index (χ1n) is 5.96. The van der Waals surface area contributed by atoms with E-state index < -0.39 is 0 Å². The summed E-state index contributed by atoms with van der Waals surface area (Å²) < 4.78 is 5.60. The van der Waals surface area contributed by atoms with Crippen molar-refractivity contribution in [2.24, 2.45) is 5.73 Å². The Morgan fingerprint density at radius 3 is 2.63 bits per heavy atom. The van der Waals surface area contributed by atoms with E-state index in [0.717, 1.165) is 5.56 Å². The number of hydrogen-bond donors (Lipinski definition) is 1. The van der Waals surface area contributed by atoms with Gasteiger partial charge in [0, 0.05) is 19.1 Å². The molecule has 0 aliphatic rings. The maximum absolute atomic E-state index is 11.5. The highest BCUT2D eigenvalue weighted by atomic mass is 35.5. The third-order valence-corrected chi connectivity index (χ3v) is 3.06. The van der Waals surface area contributed by atoms with E-state index in [1.165, 1.54) is 4.90 Å². The maximum Gasteiger partial charge on any atom is 0.225 e. The smallest absolute Gasteiger partial charge is 0.225 e. The van der Waals surface area contributed by atoms with Crippen LogP contribution in [0.1, 0.15) is 12.0 Å². The number of rotatable bonds is 6. The number of halogens is 2. The molecule has 4 nitrogen and oxygen atoms in total. The fourth-order valence-electron chi connectivity index (χ4n) is 1.58. The van der Waals surface area contributed by atoms with E-state index >= 15 is 0 Å². The van der Waals surface area contributed by atoms with Gasteiger partial charge in [-0.1, -0.05) is 23.2 Å². The summed E-state index contributed by atoms with van der Waals surface area (Å²) in [5, 5.41) is 0.985. The van der Waals surface area contributed by atoms with E-state index in [0.29, 0.717) is 35.2 Å². The lowest BCUT2D eigenvalue weighted by atomic mass is 10.1. The molecule has 1 aromatic carbocycles. The first kappa shape index (κ1) is 16.1. The molecule has 1 rings (SSSR count). The first-order chi connectivity index (χ1) is 8.95. The monoisotopic (exact) mass is 304 g/mol. The Bertz CT molecular complexity index is 451. The normalized spacial score (nSPS) is 10.4. The summed E-state index contributed by atoms with van der Waals surface area (Å²) in [5.41, 5.74) is 6.40. The van der Waals surface area contributed by atoms with Crippen molar-refractivity contribution in [2.75, 3.05) is 27.2 Å². The van der Waals surface area contributed by atoms with Gasteiger partial charge in [-0.2, -0.15) is 0 Å². The van der Waals surface area contributed by atoms with Crippen molar-refractivity contribution in [3.05, 3.63) is 27.7 Å². The van der Waals surface area contributed by atoms with E-state index in [1.54, 1.807) is 26.2 Å². The number of benzene rings is 1. The molecule has 0 saturated heterocycles. The number of nitrogens with two attached hydrogens (primary N) is 1. The van der Waals surface area contributed by atoms with Gasteiger partial charge in [-0.15, -0.1) is 0 Å². The van der Waals surface area contributed by atoms with Gasteiger partial charge in [0.05, 0.1) is 18.1 Å². The molecule has 106 valence electrons. The van der Waals surface area contributed by atoms with Crippen molar-refractivity contribution < 1.29 is 9.53 Å². The number of ether oxygens (including phenoxy) is 1. The number of hydrogen-bond acceptors (Lipinski definition) is 3. The van der Waals surface area contributed by atoms with Crippen LogP contribution in [0.3, 0.4) is 0 Å². The minimum atomic E-state index is 0.00506. The van der Waals surface area contributed by atoms with Gasteiger partial charge >= 0.3 is 0 Å². The van der Waals surface area contributed by atoms with Gasteiger partial charge in [0.25, 0.3) is 0 Å². The summed E-state index contributed by atoms with van der Waals surface area (Å²) >= 11 is 12.0. The number of carbonyl (C=O) groups excluding carboxylic acids is 1. The molecule has 19 heavy (non-hydrogen) atoms. The third kappa shape index (κ3) is 4.90. The van der Waals surface area contributed by atoms with Crippen LogP contribution in [0, 0.1) is 0 Å². The van der Waals surface area contributed by atoms with Crippen LogP contribution in [-0.4, -0.2) is 38.1 Å². The van der Waals surface area contributed by atoms with Crippen LogP contribution < -0.4 is 10.5 Å². The second kappa shape index (κ2) is 7.58. The number of amides is 1. The van der Waals surface area contributed by atoms with Crippen LogP contribution in [0.2, 0.25) is 10.0 Å². The Kier molecular flexibility index (Phi) is 6.42. The van der Waals surface area contributed by atoms with Gasteiger partial charge in [-0.3, -0.25) is 4.79 Å². The molecule has 0 heterocycles. The first-order valence-corrected chi connectivity index (χ1v) is 6.72. The van der Waals surface area contributed by atoms with E-state index in [2.05, 4.69) is 0 Å². The van der Waals surface area contributed by atoms with E-state index in [4.69, 9.17) is 33.7 Å². The molecular weight excluding hydrogens is 287 g/mol. The van der Waals surface area contributed by atoms with Crippen LogP contribution in [-0.2, 0) is 11.2 Å². The lowest BCUT2D eigenvalue weighted by Crippen LogP contribution is -2.23. The summed E-state index contributed by atoms with van der Waals surface area (Å²) in [6, 6.07) is 3.40. The lowest BCUT2D eigenvalue weighted by molar-refractivity contribution is -0.129. The molecule has 0 atom stereocenters. The summed E-state index contributed by atoms with van der Waals surface area (Å²) in [6.45, 7) is 0.750. The van der Waals surface area contributed by atoms with E-state index in [9.17, 15) is 4.79 Å². The minimum absolute atomic E-state index is 0.00506. The molecule has 0 spiro atoms. The van der Waals surface area contributed by atoms with Crippen molar-refractivity contribution in [2.45, 2.75) is 12.8 Å². The fourth-order valence-corrected chi connectivity index (χ4v) is 2.17. The molecule has 0 radical (unpaired) electrons. The summed E-state index contributed by atoms with van der Waals surface area (Å²) in [7, 11) is 3.41. The Labute approximate surface area is 123 Å². The summed E-state index contributed by atoms with van der Waals surface area (Å²) in [6.07, 6.45) is 0.922. The van der Waals surface area contributed by atoms with Crippen LogP contribution >= 0.6 is 23.2 Å². The SMILES string of the molecule is CN(C)C(=O)CCOc1c(Cl)cc(Cl)cc1CCN. The highest BCUT2D eigenvalue weighted by Crippen LogP contribution is 2.32. The summed E-state index contributed by atoms with van der Waals surface area (Å²) in [4.78, 5) is 13.0. The van der Waals surface area contributed by atoms with Crippen LogP contribution in [0.25, 0.3) is 0 Å². The fraction of sp³-hybridized carbons (Fsp3) is 0.462. The molecule has 1 amide bonds. The Morgan fingerprint density at radius 1 is 1.37 bits per heavy atom. The molecule has 0 saturated carbocycles. The average molecular weight is 305 g/mol. The van der Waals surface area contributed by atoms with Crippen molar-refractivity contribution in [3.8, 4) is 5.75 Å². The second-order valence-electron chi connectivity index (χ2n) is 4.30. The molecule has 0 fully saturated rings. The second-order valence-corrected chi connectivity index (χ2v) is 5.14. The lowest BCUT2D eigenvalue weighted by Gasteiger charge is -2.14. The van der Waals surface area contributed by atoms with E-state index in [1.807, 2.05) is 0 Å². The molecule has 0 aliphatic carbocycles. The number of nitrogens with zero attached hydrogens (tertiary/aromatic N) is 1. The van der Waals surface area contributed by atoms with Crippen molar-refractivity contribution in [1.29, 1.82) is 0 Å². The van der Waals surface area contributed by atoms with Crippen LogP contribution in [0.4, 0.5) is 0 Å². The van der Waals surface area contributed by atoms with Crippen molar-refractivity contribution in [3.63, 3.8) is 0 Å². The van der Waals surface area contributed by atoms with Gasteiger partial charge in [0.15, 0.2) is 0 Å². The Balaban J connectivity index is 2.74. The van der Waals surface area contributed by atoms with Gasteiger partial charge in [0.2, 0.25) is 5.91 Å². The van der Waals surface area contributed by atoms with E-state index in [-0.39, 0.29) is 12.5 Å². The quantitative estimate of drug-likeness (QED) is 0.878. The topological polar surface area (TPSA) is 55.6 Å². The molecule has 0 unspecified atom stereocenters. The molecule has 0 aliphatic heterocycles. The Hall–Kier alpha value is -0.970. The van der Waals surface area contributed by atoms with Crippen molar-refractivity contribution in [1.82, 2.24) is 4.90 Å². The highest BCUT2D eigenvalue weighted by molar-refractivity contribution is 6.35. The summed E-state index contributed by atoms with van der Waals surface area (Å²) in [5.74, 6) is 0.563. The zero-order chi connectivity index (χ0) is 14.4. The molecule has 2 N–H and O–H groups in total. The molecule has 0 bridgehead atoms. The average Bonchev–Trinajstić information content (AvgIpc) is 2.32. The van der Waals surface area contributed by atoms with Crippen LogP contribution in [0.5, 0.6) is 5.75 Å². The van der Waals surface area contributed by atoms with Gasteiger partial charge < -0.3 is 15.4 Å². The van der Waals surface area contributed by atoms with Gasteiger partial charge in [-0.25, -0.2) is 0 Å². The molecule has 0 aromatic heterocycles. The van der Waals surface area contributed by atoms with Crippen LogP contribution in [0.15, 0.2) is 12.1 Å². The minimum Gasteiger partial charge on any atom is -0.491 e. The number of carbonyl (C=O) groups is 1. The maximum atomic E-state index is 11.5. The largest absolute Gasteiger partial charge is 0.491 e. The van der Waals surface area contributed by atoms with Gasteiger partial charge in [0.1, 0.15) is 5.75 Å². The molecular formula is C13H18Cl2N2O2. The standard InChI is InChI=1S/C13H18Cl2N2O2/c1-17(2)12(18)4-6-19-13-9(3-5-16)7-10(14)8-11(13)15/h7-8H,3-6,16H2,1-2H3. The highest BCUT2D eigenvalue weighted by Gasteiger charge is 2.11. The predicted octanol–water partition coefficient (Wildman–Crippen LogP) is 2.35. The van der Waals surface area contributed by atoms with Gasteiger partial charge in [-0.05, 0) is 30.7 Å². The zero-order valence-electron chi connectivity index (χ0n) is 11.1. The third-order valence-electron chi connectivity index (χ3n) is 2.56. The zero-order valence-corrected chi connectivity index (χ0v) is 12.6. The molecule has 1 aromatic rings. The van der Waals surface area contributed by atoms with Crippen molar-refractivity contribution >= 4 is 29.1 Å². The molecule has 6 heteroatoms.